The van der Waals surface area contributed by atoms with Gasteiger partial charge in [0.1, 0.15) is 5.82 Å². The van der Waals surface area contributed by atoms with E-state index in [1.165, 1.54) is 12.1 Å². The topological polar surface area (TPSA) is 41.1 Å². The van der Waals surface area contributed by atoms with Gasteiger partial charge in [-0.1, -0.05) is 30.3 Å². The number of rotatable bonds is 2. The lowest BCUT2D eigenvalue weighted by Gasteiger charge is -2.29. The normalized spacial score (nSPS) is 21.2. The standard InChI is InChI=1S/C23H19FN2OS/c24-16-9-7-14(8-10-16)15-12-19-22(20(27)13-15)23(21-6-3-11-28-21)26-18-5-2-1-4-17(18)25-19/h1-11,15,23,25-26H,12-13H2. The summed E-state index contributed by atoms with van der Waals surface area (Å²) < 4.78 is 13.3. The maximum absolute atomic E-state index is 13.3. The second-order valence-electron chi connectivity index (χ2n) is 7.24. The van der Waals surface area contributed by atoms with Crippen molar-refractivity contribution in [2.45, 2.75) is 24.8 Å². The third-order valence-corrected chi connectivity index (χ3v) is 6.42. The van der Waals surface area contributed by atoms with Crippen LogP contribution in [-0.2, 0) is 4.79 Å². The Hall–Kier alpha value is -2.92. The summed E-state index contributed by atoms with van der Waals surface area (Å²) >= 11 is 1.65. The largest absolute Gasteiger partial charge is 0.372 e. The first-order valence-electron chi connectivity index (χ1n) is 9.37. The molecule has 0 saturated carbocycles. The predicted molar refractivity (Wildman–Crippen MR) is 111 cm³/mol. The fourth-order valence-electron chi connectivity index (χ4n) is 4.13. The number of benzene rings is 2. The molecule has 2 aromatic carbocycles. The molecule has 0 radical (unpaired) electrons. The van der Waals surface area contributed by atoms with Crippen molar-refractivity contribution in [3.63, 3.8) is 0 Å². The molecule has 1 aromatic heterocycles. The van der Waals surface area contributed by atoms with Crippen LogP contribution in [0.1, 0.15) is 35.2 Å². The number of hydrogen-bond donors (Lipinski definition) is 2. The minimum atomic E-state index is -0.255. The Morgan fingerprint density at radius 2 is 1.71 bits per heavy atom. The van der Waals surface area contributed by atoms with E-state index in [-0.39, 0.29) is 23.6 Å². The molecule has 2 atom stereocenters. The number of carbonyl (C=O) groups is 1. The number of thiophene rings is 1. The highest BCUT2D eigenvalue weighted by molar-refractivity contribution is 7.10. The summed E-state index contributed by atoms with van der Waals surface area (Å²) in [7, 11) is 0. The molecule has 3 nitrogen and oxygen atoms in total. The van der Waals surface area contributed by atoms with Crippen molar-refractivity contribution < 1.29 is 9.18 Å². The van der Waals surface area contributed by atoms with Crippen LogP contribution in [0.15, 0.2) is 77.3 Å². The highest BCUT2D eigenvalue weighted by Crippen LogP contribution is 2.44. The van der Waals surface area contributed by atoms with Crippen molar-refractivity contribution in [2.75, 3.05) is 10.6 Å². The second-order valence-corrected chi connectivity index (χ2v) is 8.21. The molecule has 5 heteroatoms. The van der Waals surface area contributed by atoms with Crippen molar-refractivity contribution in [2.24, 2.45) is 0 Å². The van der Waals surface area contributed by atoms with Gasteiger partial charge in [-0.2, -0.15) is 0 Å². The molecular weight excluding hydrogens is 371 g/mol. The molecule has 2 N–H and O–H groups in total. The molecule has 2 heterocycles. The van der Waals surface area contributed by atoms with Crippen LogP contribution in [0.25, 0.3) is 0 Å². The number of hydrogen-bond acceptors (Lipinski definition) is 4. The molecule has 3 aromatic rings. The van der Waals surface area contributed by atoms with Crippen molar-refractivity contribution in [1.29, 1.82) is 0 Å². The van der Waals surface area contributed by atoms with Gasteiger partial charge >= 0.3 is 0 Å². The van der Waals surface area contributed by atoms with Gasteiger partial charge in [-0.3, -0.25) is 4.79 Å². The van der Waals surface area contributed by atoms with Crippen LogP contribution in [0.5, 0.6) is 0 Å². The SMILES string of the molecule is O=C1CC(c2ccc(F)cc2)CC2=C1C(c1cccs1)Nc1ccccc1N2. The number of para-hydroxylation sites is 2. The molecule has 28 heavy (non-hydrogen) atoms. The molecule has 0 bridgehead atoms. The molecule has 5 rings (SSSR count). The van der Waals surface area contributed by atoms with Crippen molar-refractivity contribution in [1.82, 2.24) is 0 Å². The lowest BCUT2D eigenvalue weighted by Crippen LogP contribution is -2.26. The Kier molecular flexibility index (Phi) is 4.24. The van der Waals surface area contributed by atoms with Crippen LogP contribution in [-0.4, -0.2) is 5.78 Å². The van der Waals surface area contributed by atoms with E-state index in [0.29, 0.717) is 6.42 Å². The van der Waals surface area contributed by atoms with Crippen molar-refractivity contribution in [3.05, 3.63) is 93.6 Å². The molecule has 0 amide bonds. The van der Waals surface area contributed by atoms with Crippen LogP contribution in [0.2, 0.25) is 0 Å². The zero-order valence-electron chi connectivity index (χ0n) is 15.1. The second kappa shape index (κ2) is 6.91. The molecule has 1 aliphatic carbocycles. The summed E-state index contributed by atoms with van der Waals surface area (Å²) in [5, 5.41) is 9.13. The molecule has 2 aliphatic rings. The Balaban J connectivity index is 1.59. The van der Waals surface area contributed by atoms with E-state index in [0.717, 1.165) is 39.5 Å². The summed E-state index contributed by atoms with van der Waals surface area (Å²) in [6.45, 7) is 0. The predicted octanol–water partition coefficient (Wildman–Crippen LogP) is 5.87. The minimum Gasteiger partial charge on any atom is -0.372 e. The van der Waals surface area contributed by atoms with Crippen LogP contribution < -0.4 is 10.6 Å². The molecule has 140 valence electrons. The number of Topliss-reactive ketones (excluding diaryl/α,β-unsaturated/α-hetero) is 1. The number of allylic oxidation sites excluding steroid dienone is 1. The molecule has 0 saturated heterocycles. The third kappa shape index (κ3) is 3.02. The first-order valence-corrected chi connectivity index (χ1v) is 10.2. The van der Waals surface area contributed by atoms with Gasteiger partial charge in [0.2, 0.25) is 0 Å². The van der Waals surface area contributed by atoms with E-state index in [2.05, 4.69) is 16.7 Å². The highest BCUT2D eigenvalue weighted by Gasteiger charge is 2.36. The van der Waals surface area contributed by atoms with Crippen LogP contribution in [0.3, 0.4) is 0 Å². The number of halogens is 1. The third-order valence-electron chi connectivity index (χ3n) is 5.48. The molecule has 0 fully saturated rings. The van der Waals surface area contributed by atoms with Gasteiger partial charge in [0.25, 0.3) is 0 Å². The fraction of sp³-hybridized carbons (Fsp3) is 0.174. The van der Waals surface area contributed by atoms with Gasteiger partial charge in [-0.05, 0) is 53.6 Å². The van der Waals surface area contributed by atoms with Crippen molar-refractivity contribution >= 4 is 28.5 Å². The lowest BCUT2D eigenvalue weighted by molar-refractivity contribution is -0.116. The van der Waals surface area contributed by atoms with E-state index in [1.54, 1.807) is 23.5 Å². The highest BCUT2D eigenvalue weighted by atomic mass is 32.1. The van der Waals surface area contributed by atoms with Crippen LogP contribution in [0, 0.1) is 5.82 Å². The summed E-state index contributed by atoms with van der Waals surface area (Å²) in [6, 6.07) is 18.5. The smallest absolute Gasteiger partial charge is 0.163 e. The Labute approximate surface area is 166 Å². The van der Waals surface area contributed by atoms with Gasteiger partial charge < -0.3 is 10.6 Å². The Morgan fingerprint density at radius 3 is 2.46 bits per heavy atom. The minimum absolute atomic E-state index is 0.0496. The Bertz CT molecular complexity index is 1060. The van der Waals surface area contributed by atoms with Crippen LogP contribution >= 0.6 is 11.3 Å². The lowest BCUT2D eigenvalue weighted by atomic mass is 9.79. The summed E-state index contributed by atoms with van der Waals surface area (Å²) in [6.07, 6.45) is 1.16. The van der Waals surface area contributed by atoms with Gasteiger partial charge in [0.15, 0.2) is 5.78 Å². The summed E-state index contributed by atoms with van der Waals surface area (Å²) in [5.41, 5.74) is 4.74. The molecule has 1 aliphatic heterocycles. The maximum atomic E-state index is 13.3. The van der Waals surface area contributed by atoms with E-state index < -0.39 is 0 Å². The fourth-order valence-corrected chi connectivity index (χ4v) is 4.92. The maximum Gasteiger partial charge on any atom is 0.163 e. The van der Waals surface area contributed by atoms with Gasteiger partial charge in [0.05, 0.1) is 17.4 Å². The molecular formula is C23H19FN2OS. The first kappa shape index (κ1) is 17.2. The molecule has 0 spiro atoms. The summed E-state index contributed by atoms with van der Waals surface area (Å²) in [5.74, 6) is -0.0651. The average molecular weight is 390 g/mol. The van der Waals surface area contributed by atoms with Gasteiger partial charge in [-0.15, -0.1) is 11.3 Å². The van der Waals surface area contributed by atoms with E-state index in [4.69, 9.17) is 0 Å². The zero-order valence-corrected chi connectivity index (χ0v) is 15.9. The summed E-state index contributed by atoms with van der Waals surface area (Å²) in [4.78, 5) is 14.4. The first-order chi connectivity index (χ1) is 13.7. The van der Waals surface area contributed by atoms with Gasteiger partial charge in [0, 0.05) is 22.6 Å². The number of carbonyl (C=O) groups excluding carboxylic acids is 1. The average Bonchev–Trinajstić information content (AvgIpc) is 3.17. The van der Waals surface area contributed by atoms with Crippen molar-refractivity contribution in [3.8, 4) is 0 Å². The molecule has 2 unspecified atom stereocenters. The van der Waals surface area contributed by atoms with Gasteiger partial charge in [-0.25, -0.2) is 4.39 Å². The number of fused-ring (bicyclic) bond motifs is 1. The number of nitrogens with one attached hydrogen (secondary N) is 2. The van der Waals surface area contributed by atoms with E-state index in [9.17, 15) is 9.18 Å². The van der Waals surface area contributed by atoms with Crippen LogP contribution in [0.4, 0.5) is 15.8 Å². The number of anilines is 2. The quantitative estimate of drug-likeness (QED) is 0.575. The number of ketones is 1. The zero-order chi connectivity index (χ0) is 19.1. The van der Waals surface area contributed by atoms with E-state index >= 15 is 0 Å². The monoisotopic (exact) mass is 390 g/mol. The van der Waals surface area contributed by atoms with E-state index in [1.807, 2.05) is 35.7 Å². The Morgan fingerprint density at radius 1 is 0.929 bits per heavy atom.